The van der Waals surface area contributed by atoms with Crippen LogP contribution in [0.1, 0.15) is 27.9 Å². The Morgan fingerprint density at radius 2 is 1.90 bits per heavy atom. The van der Waals surface area contributed by atoms with Crippen LogP contribution in [0.25, 0.3) is 0 Å². The van der Waals surface area contributed by atoms with E-state index in [0.29, 0.717) is 34.7 Å². The zero-order valence-electron chi connectivity index (χ0n) is 12.1. The minimum Gasteiger partial charge on any atom is -0.365 e. The van der Waals surface area contributed by atoms with Gasteiger partial charge < -0.3 is 5.32 Å². The number of benzene rings is 1. The summed E-state index contributed by atoms with van der Waals surface area (Å²) in [4.78, 5) is 0. The van der Waals surface area contributed by atoms with Gasteiger partial charge in [0, 0.05) is 13.6 Å². The van der Waals surface area contributed by atoms with Gasteiger partial charge in [0.1, 0.15) is 23.3 Å². The lowest BCUT2D eigenvalue weighted by molar-refractivity contribution is 0.608. The molecule has 0 fully saturated rings. The molecule has 5 heteroatoms. The Balaban J connectivity index is 2.24. The zero-order valence-corrected chi connectivity index (χ0v) is 12.1. The van der Waals surface area contributed by atoms with Crippen LogP contribution < -0.4 is 5.32 Å². The molecule has 1 aromatic carbocycles. The Morgan fingerprint density at radius 1 is 1.30 bits per heavy atom. The summed E-state index contributed by atoms with van der Waals surface area (Å²) in [7, 11) is 1.79. The van der Waals surface area contributed by atoms with E-state index in [1.807, 2.05) is 12.1 Å². The van der Waals surface area contributed by atoms with Gasteiger partial charge >= 0.3 is 0 Å². The number of nitrogens with zero attached hydrogens (tertiary/aromatic N) is 3. The van der Waals surface area contributed by atoms with Crippen molar-refractivity contribution in [2.75, 3.05) is 5.32 Å². The number of hydrogen-bond acceptors (Lipinski definition) is 3. The molecular formula is C15H17FN4. The highest BCUT2D eigenvalue weighted by Crippen LogP contribution is 2.20. The molecule has 0 unspecified atom stereocenters. The third kappa shape index (κ3) is 2.50. The topological polar surface area (TPSA) is 53.6 Å². The van der Waals surface area contributed by atoms with E-state index in [9.17, 15) is 4.39 Å². The van der Waals surface area contributed by atoms with E-state index >= 15 is 0 Å². The van der Waals surface area contributed by atoms with Crippen molar-refractivity contribution in [3.05, 3.63) is 45.9 Å². The number of anilines is 1. The highest BCUT2D eigenvalue weighted by Gasteiger charge is 2.12. The second-order valence-corrected chi connectivity index (χ2v) is 4.94. The number of hydrogen-bond donors (Lipinski definition) is 1. The first-order valence-corrected chi connectivity index (χ1v) is 6.37. The van der Waals surface area contributed by atoms with Crippen molar-refractivity contribution in [1.82, 2.24) is 9.78 Å². The number of nitriles is 1. The molecule has 0 aliphatic carbocycles. The maximum Gasteiger partial charge on any atom is 0.142 e. The number of aromatic nitrogens is 2. The predicted molar refractivity (Wildman–Crippen MR) is 75.9 cm³/mol. The highest BCUT2D eigenvalue weighted by molar-refractivity contribution is 5.55. The second-order valence-electron chi connectivity index (χ2n) is 4.94. The van der Waals surface area contributed by atoms with Crippen molar-refractivity contribution in [3.63, 3.8) is 0 Å². The smallest absolute Gasteiger partial charge is 0.142 e. The van der Waals surface area contributed by atoms with Crippen LogP contribution >= 0.6 is 0 Å². The molecule has 0 amide bonds. The first kappa shape index (κ1) is 14.1. The normalized spacial score (nSPS) is 10.4. The van der Waals surface area contributed by atoms with Gasteiger partial charge in [-0.2, -0.15) is 10.4 Å². The fourth-order valence-electron chi connectivity index (χ4n) is 2.32. The Kier molecular flexibility index (Phi) is 3.75. The van der Waals surface area contributed by atoms with Crippen LogP contribution in [-0.2, 0) is 13.6 Å². The molecular weight excluding hydrogens is 255 g/mol. The summed E-state index contributed by atoms with van der Waals surface area (Å²) in [6.07, 6.45) is 0. The van der Waals surface area contributed by atoms with Crippen LogP contribution in [-0.4, -0.2) is 9.78 Å². The summed E-state index contributed by atoms with van der Waals surface area (Å²) in [5.41, 5.74) is 3.48. The minimum atomic E-state index is -0.164. The fourth-order valence-corrected chi connectivity index (χ4v) is 2.32. The first-order valence-electron chi connectivity index (χ1n) is 6.37. The predicted octanol–water partition coefficient (Wildman–Crippen LogP) is 2.97. The Morgan fingerprint density at radius 3 is 2.45 bits per heavy atom. The van der Waals surface area contributed by atoms with Crippen molar-refractivity contribution in [2.45, 2.75) is 27.3 Å². The SMILES string of the molecule is Cc1cc(CNc2c(C#N)c(C)nn2C)cc(C)c1F. The number of halogens is 1. The van der Waals surface area contributed by atoms with Crippen LogP contribution in [0.3, 0.4) is 0 Å². The second kappa shape index (κ2) is 5.33. The Hall–Kier alpha value is -2.35. The summed E-state index contributed by atoms with van der Waals surface area (Å²) < 4.78 is 15.2. The van der Waals surface area contributed by atoms with Crippen molar-refractivity contribution < 1.29 is 4.39 Å². The summed E-state index contributed by atoms with van der Waals surface area (Å²) in [5, 5.41) is 16.6. The third-order valence-corrected chi connectivity index (χ3v) is 3.29. The van der Waals surface area contributed by atoms with E-state index < -0.39 is 0 Å². The van der Waals surface area contributed by atoms with Crippen molar-refractivity contribution in [1.29, 1.82) is 5.26 Å². The number of aryl methyl sites for hydroxylation is 4. The molecule has 4 nitrogen and oxygen atoms in total. The molecule has 0 aliphatic heterocycles. The molecule has 104 valence electrons. The van der Waals surface area contributed by atoms with E-state index in [4.69, 9.17) is 5.26 Å². The maximum absolute atomic E-state index is 13.6. The average Bonchev–Trinajstić information content (AvgIpc) is 2.67. The molecule has 2 rings (SSSR count). The van der Waals surface area contributed by atoms with E-state index in [1.165, 1.54) is 0 Å². The van der Waals surface area contributed by atoms with E-state index in [2.05, 4.69) is 16.5 Å². The van der Waals surface area contributed by atoms with Gasteiger partial charge in [0.05, 0.1) is 5.69 Å². The first-order chi connectivity index (χ1) is 9.43. The van der Waals surface area contributed by atoms with Gasteiger partial charge in [0.2, 0.25) is 0 Å². The summed E-state index contributed by atoms with van der Waals surface area (Å²) >= 11 is 0. The molecule has 1 aromatic heterocycles. The zero-order chi connectivity index (χ0) is 14.9. The number of nitrogens with one attached hydrogen (secondary N) is 1. The standard InChI is InChI=1S/C15H17FN4/c1-9-5-12(6-10(2)14(9)16)8-18-15-13(7-17)11(3)19-20(15)4/h5-6,18H,8H2,1-4H3. The van der Waals surface area contributed by atoms with E-state index in [-0.39, 0.29) is 5.82 Å². The molecule has 0 spiro atoms. The van der Waals surface area contributed by atoms with Crippen LogP contribution in [0, 0.1) is 37.9 Å². The molecule has 0 atom stereocenters. The molecule has 0 aliphatic rings. The van der Waals surface area contributed by atoms with Gasteiger partial charge in [-0.15, -0.1) is 0 Å². The molecule has 20 heavy (non-hydrogen) atoms. The number of rotatable bonds is 3. The minimum absolute atomic E-state index is 0.164. The molecule has 0 radical (unpaired) electrons. The van der Waals surface area contributed by atoms with Crippen LogP contribution in [0.5, 0.6) is 0 Å². The Bertz CT molecular complexity index is 672. The van der Waals surface area contributed by atoms with Gasteiger partial charge in [-0.1, -0.05) is 12.1 Å². The van der Waals surface area contributed by atoms with Gasteiger partial charge in [0.25, 0.3) is 0 Å². The van der Waals surface area contributed by atoms with Gasteiger partial charge in [-0.3, -0.25) is 4.68 Å². The van der Waals surface area contributed by atoms with E-state index in [1.54, 1.807) is 32.5 Å². The maximum atomic E-state index is 13.6. The Labute approximate surface area is 117 Å². The van der Waals surface area contributed by atoms with Crippen LogP contribution in [0.15, 0.2) is 12.1 Å². The molecule has 0 saturated carbocycles. The third-order valence-electron chi connectivity index (χ3n) is 3.29. The van der Waals surface area contributed by atoms with Crippen LogP contribution in [0.2, 0.25) is 0 Å². The lowest BCUT2D eigenvalue weighted by atomic mass is 10.1. The van der Waals surface area contributed by atoms with Crippen molar-refractivity contribution in [2.24, 2.45) is 7.05 Å². The monoisotopic (exact) mass is 272 g/mol. The lowest BCUT2D eigenvalue weighted by Gasteiger charge is -2.10. The molecule has 2 aromatic rings. The van der Waals surface area contributed by atoms with E-state index in [0.717, 1.165) is 5.56 Å². The fraction of sp³-hybridized carbons (Fsp3) is 0.333. The summed E-state index contributed by atoms with van der Waals surface area (Å²) in [6, 6.07) is 5.77. The molecule has 0 bridgehead atoms. The van der Waals surface area contributed by atoms with Crippen molar-refractivity contribution in [3.8, 4) is 6.07 Å². The highest BCUT2D eigenvalue weighted by atomic mass is 19.1. The lowest BCUT2D eigenvalue weighted by Crippen LogP contribution is -2.06. The largest absolute Gasteiger partial charge is 0.365 e. The van der Waals surface area contributed by atoms with Gasteiger partial charge in [-0.05, 0) is 37.5 Å². The van der Waals surface area contributed by atoms with Gasteiger partial charge in [-0.25, -0.2) is 4.39 Å². The summed E-state index contributed by atoms with van der Waals surface area (Å²) in [6.45, 7) is 5.83. The molecule has 1 heterocycles. The summed E-state index contributed by atoms with van der Waals surface area (Å²) in [5.74, 6) is 0.521. The molecule has 1 N–H and O–H groups in total. The van der Waals surface area contributed by atoms with Crippen LogP contribution in [0.4, 0.5) is 10.2 Å². The van der Waals surface area contributed by atoms with Crippen molar-refractivity contribution >= 4 is 5.82 Å². The molecule has 0 saturated heterocycles. The quantitative estimate of drug-likeness (QED) is 0.934. The average molecular weight is 272 g/mol. The van der Waals surface area contributed by atoms with Gasteiger partial charge in [0.15, 0.2) is 0 Å².